The predicted octanol–water partition coefficient (Wildman–Crippen LogP) is 3.64. The lowest BCUT2D eigenvalue weighted by atomic mass is 9.86. The average Bonchev–Trinajstić information content (AvgIpc) is 3.29. The smallest absolute Gasteiger partial charge is 0.415 e. The molecule has 0 aliphatic carbocycles. The monoisotopic (exact) mass is 668 g/mol. The molecule has 2 saturated heterocycles. The number of nitrogens with one attached hydrogen (secondary N) is 2. The van der Waals surface area contributed by atoms with Crippen LogP contribution in [0.2, 0.25) is 0 Å². The minimum absolute atomic E-state index is 0.0284. The number of carbonyl (C=O) groups excluding carboxylic acids is 3. The number of hydrogen-bond donors (Lipinski definition) is 3. The molecule has 0 aromatic heterocycles. The molecular formula is C30H29IN4O6. The molecule has 1 atom stereocenters. The highest BCUT2D eigenvalue weighted by Crippen LogP contribution is 2.36. The van der Waals surface area contributed by atoms with Gasteiger partial charge in [0.2, 0.25) is 5.91 Å². The number of carbonyl (C=O) groups is 4. The van der Waals surface area contributed by atoms with Crippen molar-refractivity contribution in [2.45, 2.75) is 30.8 Å². The normalized spacial score (nSPS) is 16.7. The van der Waals surface area contributed by atoms with Crippen molar-refractivity contribution in [3.05, 3.63) is 93.6 Å². The first-order chi connectivity index (χ1) is 19.8. The van der Waals surface area contributed by atoms with E-state index in [1.54, 1.807) is 53.4 Å². The van der Waals surface area contributed by atoms with Crippen LogP contribution < -0.4 is 20.3 Å². The van der Waals surface area contributed by atoms with Crippen LogP contribution in [0.25, 0.3) is 0 Å². The summed E-state index contributed by atoms with van der Waals surface area (Å²) in [6.45, 7) is 1.17. The quantitative estimate of drug-likeness (QED) is 0.328. The number of amides is 3. The van der Waals surface area contributed by atoms with Gasteiger partial charge in [0.15, 0.2) is 0 Å². The topological polar surface area (TPSA) is 128 Å². The number of rotatable bonds is 7. The number of nitrogens with zero attached hydrogens (tertiary/aromatic N) is 2. The second-order valence-corrected chi connectivity index (χ2v) is 11.2. The Labute approximate surface area is 250 Å². The highest BCUT2D eigenvalue weighted by atomic mass is 127. The largest absolute Gasteiger partial charge is 0.480 e. The Hall–Kier alpha value is -4.13. The molecule has 2 aliphatic rings. The van der Waals surface area contributed by atoms with Crippen molar-refractivity contribution in [3.8, 4) is 5.75 Å². The van der Waals surface area contributed by atoms with Gasteiger partial charge < -0.3 is 30.3 Å². The number of benzene rings is 3. The molecule has 41 heavy (non-hydrogen) atoms. The van der Waals surface area contributed by atoms with Gasteiger partial charge in [0.05, 0.1) is 12.2 Å². The summed E-state index contributed by atoms with van der Waals surface area (Å²) in [4.78, 5) is 53.9. The van der Waals surface area contributed by atoms with E-state index in [0.717, 1.165) is 9.26 Å². The molecule has 2 heterocycles. The first kappa shape index (κ1) is 28.4. The number of para-hydroxylation sites is 1. The lowest BCUT2D eigenvalue weighted by Crippen LogP contribution is -2.57. The van der Waals surface area contributed by atoms with Gasteiger partial charge in [-0.3, -0.25) is 9.59 Å². The summed E-state index contributed by atoms with van der Waals surface area (Å²) in [5, 5.41) is 15.2. The Bertz CT molecular complexity index is 1440. The van der Waals surface area contributed by atoms with E-state index in [0.29, 0.717) is 49.5 Å². The van der Waals surface area contributed by atoms with Crippen molar-refractivity contribution >= 4 is 52.2 Å². The van der Waals surface area contributed by atoms with E-state index < -0.39 is 29.6 Å². The summed E-state index contributed by atoms with van der Waals surface area (Å²) in [7, 11) is 0. The van der Waals surface area contributed by atoms with Crippen LogP contribution in [-0.2, 0) is 16.0 Å². The fraction of sp³-hybridized carbons (Fsp3) is 0.267. The van der Waals surface area contributed by atoms with Crippen molar-refractivity contribution in [1.82, 2.24) is 15.5 Å². The van der Waals surface area contributed by atoms with Gasteiger partial charge in [0.25, 0.3) is 5.91 Å². The van der Waals surface area contributed by atoms with Crippen LogP contribution in [0, 0.1) is 3.57 Å². The summed E-state index contributed by atoms with van der Waals surface area (Å²) in [6, 6.07) is 22.1. The van der Waals surface area contributed by atoms with Crippen LogP contribution in [-0.4, -0.2) is 65.2 Å². The molecule has 1 spiro atoms. The summed E-state index contributed by atoms with van der Waals surface area (Å²) >= 11 is 2.03. The molecule has 212 valence electrons. The Balaban J connectivity index is 1.17. The van der Waals surface area contributed by atoms with Gasteiger partial charge in [0.1, 0.15) is 17.3 Å². The van der Waals surface area contributed by atoms with Crippen LogP contribution in [0.5, 0.6) is 5.75 Å². The van der Waals surface area contributed by atoms with Crippen molar-refractivity contribution in [3.63, 3.8) is 0 Å². The molecule has 0 unspecified atom stereocenters. The van der Waals surface area contributed by atoms with Crippen LogP contribution in [0.15, 0.2) is 78.9 Å². The third-order valence-corrected chi connectivity index (χ3v) is 8.48. The third-order valence-electron chi connectivity index (χ3n) is 7.54. The molecule has 5 rings (SSSR count). The highest BCUT2D eigenvalue weighted by Gasteiger charge is 2.51. The van der Waals surface area contributed by atoms with Crippen molar-refractivity contribution in [1.29, 1.82) is 0 Å². The average molecular weight is 668 g/mol. The van der Waals surface area contributed by atoms with Crippen LogP contribution in [0.4, 0.5) is 10.5 Å². The zero-order chi connectivity index (χ0) is 29.0. The molecular weight excluding hydrogens is 639 g/mol. The molecule has 3 N–H and O–H groups in total. The Morgan fingerprint density at radius 1 is 0.976 bits per heavy atom. The number of piperidine rings is 1. The summed E-state index contributed by atoms with van der Waals surface area (Å²) in [5.74, 6) is -1.32. The first-order valence-electron chi connectivity index (χ1n) is 13.2. The second-order valence-electron chi connectivity index (χ2n) is 10.0. The molecule has 0 radical (unpaired) electrons. The molecule has 10 nitrogen and oxygen atoms in total. The van der Waals surface area contributed by atoms with Gasteiger partial charge in [0, 0.05) is 28.8 Å². The fourth-order valence-electron chi connectivity index (χ4n) is 5.27. The second kappa shape index (κ2) is 12.2. The Morgan fingerprint density at radius 3 is 2.29 bits per heavy atom. The van der Waals surface area contributed by atoms with Gasteiger partial charge in [-0.15, -0.1) is 0 Å². The number of ether oxygens (including phenoxy) is 1. The molecule has 11 heteroatoms. The molecule has 3 aromatic carbocycles. The number of hydrogen-bond acceptors (Lipinski definition) is 6. The number of carboxylic acids is 1. The molecule has 0 bridgehead atoms. The van der Waals surface area contributed by atoms with Crippen LogP contribution in [0.1, 0.15) is 28.8 Å². The van der Waals surface area contributed by atoms with Gasteiger partial charge in [-0.1, -0.05) is 42.5 Å². The van der Waals surface area contributed by atoms with Gasteiger partial charge in [-0.05, 0) is 77.4 Å². The SMILES string of the molecule is O=C(N[C@@H](Cc1ccc(OC(=O)N2CCC3(CC2)C(=O)NCN3c2ccccc2)cc1)C(=O)O)c1ccccc1I. The molecule has 2 fully saturated rings. The van der Waals surface area contributed by atoms with Crippen LogP contribution >= 0.6 is 22.6 Å². The third kappa shape index (κ3) is 6.14. The minimum atomic E-state index is -1.15. The number of likely N-dealkylation sites (tertiary alicyclic amines) is 1. The van der Waals surface area contributed by atoms with Crippen molar-refractivity contribution < 1.29 is 29.0 Å². The standard InChI is InChI=1S/C30H29IN4O6/c31-24-9-5-4-8-23(24)26(36)33-25(27(37)38)18-20-10-12-22(13-11-20)41-29(40)34-16-14-30(15-17-34)28(39)32-19-35(30)21-6-2-1-3-7-21/h1-13,25H,14-19H2,(H,32,39)(H,33,36)(H,37,38)/t25-/m0/s1. The number of halogens is 1. The maximum Gasteiger partial charge on any atom is 0.415 e. The summed E-state index contributed by atoms with van der Waals surface area (Å²) < 4.78 is 6.30. The number of aliphatic carboxylic acids is 1. The van der Waals surface area contributed by atoms with E-state index in [4.69, 9.17) is 4.74 Å². The number of carboxylic acid groups (broad SMARTS) is 1. The molecule has 3 amide bonds. The Kier molecular flexibility index (Phi) is 8.43. The van der Waals surface area contributed by atoms with E-state index in [1.807, 2.05) is 52.9 Å². The van der Waals surface area contributed by atoms with E-state index in [9.17, 15) is 24.3 Å². The molecule has 3 aromatic rings. The van der Waals surface area contributed by atoms with Crippen LogP contribution in [0.3, 0.4) is 0 Å². The van der Waals surface area contributed by atoms with Crippen molar-refractivity contribution in [2.24, 2.45) is 0 Å². The lowest BCUT2D eigenvalue weighted by Gasteiger charge is -2.42. The molecule has 0 saturated carbocycles. The van der Waals surface area contributed by atoms with E-state index in [-0.39, 0.29) is 12.3 Å². The predicted molar refractivity (Wildman–Crippen MR) is 160 cm³/mol. The summed E-state index contributed by atoms with van der Waals surface area (Å²) in [5.41, 5.74) is 1.33. The Morgan fingerprint density at radius 2 is 1.63 bits per heavy atom. The van der Waals surface area contributed by atoms with E-state index in [2.05, 4.69) is 15.5 Å². The van der Waals surface area contributed by atoms with E-state index in [1.165, 1.54) is 0 Å². The van der Waals surface area contributed by atoms with E-state index >= 15 is 0 Å². The van der Waals surface area contributed by atoms with Crippen molar-refractivity contribution in [2.75, 3.05) is 24.7 Å². The van der Waals surface area contributed by atoms with Gasteiger partial charge >= 0.3 is 12.1 Å². The maximum absolute atomic E-state index is 12.9. The van der Waals surface area contributed by atoms with Gasteiger partial charge in [-0.25, -0.2) is 9.59 Å². The highest BCUT2D eigenvalue weighted by molar-refractivity contribution is 14.1. The fourth-order valence-corrected chi connectivity index (χ4v) is 5.90. The number of anilines is 1. The lowest BCUT2D eigenvalue weighted by molar-refractivity contribution is -0.139. The molecule has 2 aliphatic heterocycles. The zero-order valence-corrected chi connectivity index (χ0v) is 24.2. The maximum atomic E-state index is 12.9. The zero-order valence-electron chi connectivity index (χ0n) is 22.1. The minimum Gasteiger partial charge on any atom is -0.480 e. The first-order valence-corrected chi connectivity index (χ1v) is 14.3. The summed E-state index contributed by atoms with van der Waals surface area (Å²) in [6.07, 6.45) is 0.510. The van der Waals surface area contributed by atoms with Gasteiger partial charge in [-0.2, -0.15) is 0 Å².